The molecule has 0 aliphatic rings. The van der Waals surface area contributed by atoms with Gasteiger partial charge in [-0.2, -0.15) is 26.3 Å². The number of carbonyl (C=O) groups is 2. The maximum absolute atomic E-state index is 12.3. The molecule has 0 saturated carbocycles. The molecule has 0 bridgehead atoms. The Morgan fingerprint density at radius 1 is 0.514 bits per heavy atom. The summed E-state index contributed by atoms with van der Waals surface area (Å²) in [5.74, 6) is -4.11. The van der Waals surface area contributed by atoms with Crippen LogP contribution in [0.1, 0.15) is 110 Å². The summed E-state index contributed by atoms with van der Waals surface area (Å²) in [7, 11) is 0. The number of halogens is 6. The molecule has 11 heteroatoms. The molecule has 0 rings (SSSR count). The van der Waals surface area contributed by atoms with Crippen molar-refractivity contribution in [2.45, 2.75) is 122 Å². The van der Waals surface area contributed by atoms with E-state index in [0.717, 1.165) is 32.1 Å². The predicted molar refractivity (Wildman–Crippen MR) is 134 cm³/mol. The van der Waals surface area contributed by atoms with Gasteiger partial charge >= 0.3 is 24.2 Å². The van der Waals surface area contributed by atoms with Crippen LogP contribution >= 0.6 is 0 Å². The first-order chi connectivity index (χ1) is 17.5. The predicted octanol–water partition coefficient (Wildman–Crippen LogP) is 6.91. The zero-order valence-electron chi connectivity index (χ0n) is 22.4. The second-order valence-electron chi connectivity index (χ2n) is 9.65. The van der Waals surface area contributed by atoms with Crippen molar-refractivity contribution in [2.24, 2.45) is 0 Å². The van der Waals surface area contributed by atoms with Crippen LogP contribution in [0, 0.1) is 0 Å². The maximum Gasteiger partial charge on any atom is 0.471 e. The van der Waals surface area contributed by atoms with Crippen LogP contribution in [0.25, 0.3) is 0 Å². The summed E-state index contributed by atoms with van der Waals surface area (Å²) in [6, 6.07) is 0. The molecule has 0 aliphatic heterocycles. The Kier molecular flexibility index (Phi) is 20.5. The average Bonchev–Trinajstić information content (AvgIpc) is 2.82. The number of carbonyl (C=O) groups excluding carboxylic acids is 2. The fraction of sp³-hybridized carbons (Fsp3) is 0.923. The van der Waals surface area contributed by atoms with Crippen molar-refractivity contribution in [3.05, 3.63) is 0 Å². The van der Waals surface area contributed by atoms with Crippen LogP contribution in [0.2, 0.25) is 0 Å². The van der Waals surface area contributed by atoms with Gasteiger partial charge < -0.3 is 10.6 Å². The van der Waals surface area contributed by atoms with Crippen LogP contribution < -0.4 is 10.6 Å². The van der Waals surface area contributed by atoms with Gasteiger partial charge in [-0.1, -0.05) is 103 Å². The van der Waals surface area contributed by atoms with Gasteiger partial charge in [0.05, 0.1) is 0 Å². The normalized spacial score (nSPS) is 12.2. The lowest BCUT2D eigenvalue weighted by atomic mass is 10.0. The van der Waals surface area contributed by atoms with E-state index in [0.29, 0.717) is 6.54 Å². The molecular weight excluding hydrogens is 500 g/mol. The molecule has 0 aliphatic carbocycles. The third-order valence-electron chi connectivity index (χ3n) is 6.27. The first-order valence-corrected chi connectivity index (χ1v) is 13.9. The number of unbranched alkanes of at least 4 members (excludes halogenated alkanes) is 15. The summed E-state index contributed by atoms with van der Waals surface area (Å²) in [4.78, 5) is 23.5. The molecule has 0 aromatic heterocycles. The van der Waals surface area contributed by atoms with Crippen LogP contribution in [0.5, 0.6) is 0 Å². The zero-order chi connectivity index (χ0) is 28.0. The lowest BCUT2D eigenvalue weighted by molar-refractivity contribution is -0.173. The highest BCUT2D eigenvalue weighted by atomic mass is 19.4. The smallest absolute Gasteiger partial charge is 0.347 e. The minimum atomic E-state index is -4.99. The second-order valence-corrected chi connectivity index (χ2v) is 9.65. The highest BCUT2D eigenvalue weighted by molar-refractivity contribution is 5.82. The van der Waals surface area contributed by atoms with Crippen LogP contribution in [0.3, 0.4) is 0 Å². The number of amides is 2. The van der Waals surface area contributed by atoms with Gasteiger partial charge in [-0.25, -0.2) is 0 Å². The van der Waals surface area contributed by atoms with Crippen molar-refractivity contribution in [1.82, 2.24) is 15.5 Å². The van der Waals surface area contributed by atoms with Gasteiger partial charge in [0.15, 0.2) is 0 Å². The van der Waals surface area contributed by atoms with Crippen molar-refractivity contribution in [1.29, 1.82) is 0 Å². The molecule has 0 spiro atoms. The summed E-state index contributed by atoms with van der Waals surface area (Å²) in [6.45, 7) is 2.20. The van der Waals surface area contributed by atoms with Gasteiger partial charge in [-0.05, 0) is 13.0 Å². The van der Waals surface area contributed by atoms with E-state index in [1.165, 1.54) is 70.6 Å². The Labute approximate surface area is 218 Å². The minimum Gasteiger partial charge on any atom is -0.347 e. The molecule has 5 nitrogen and oxygen atoms in total. The summed E-state index contributed by atoms with van der Waals surface area (Å²) >= 11 is 0. The van der Waals surface area contributed by atoms with Crippen molar-refractivity contribution < 1.29 is 35.9 Å². The van der Waals surface area contributed by atoms with E-state index in [-0.39, 0.29) is 26.2 Å². The van der Waals surface area contributed by atoms with Crippen molar-refractivity contribution in [3.63, 3.8) is 0 Å². The minimum absolute atomic E-state index is 0.0441. The van der Waals surface area contributed by atoms with E-state index in [2.05, 4.69) is 6.92 Å². The standard InChI is InChI=1S/C26H47F6N3O2/c1-2-3-4-5-6-7-8-9-10-11-12-13-14-15-16-17-20-35(21-18-33-23(36)25(27,28)29)22-19-34-24(37)26(30,31)32/h2-22H2,1H3,(H,33,36)(H,34,37). The summed E-state index contributed by atoms with van der Waals surface area (Å²) in [5, 5.41) is 3.52. The maximum atomic E-state index is 12.3. The van der Waals surface area contributed by atoms with E-state index < -0.39 is 24.2 Å². The molecule has 0 unspecified atom stereocenters. The quantitative estimate of drug-likeness (QED) is 0.108. The molecule has 0 atom stereocenters. The molecule has 0 aromatic carbocycles. The number of alkyl halides is 6. The van der Waals surface area contributed by atoms with Crippen molar-refractivity contribution in [3.8, 4) is 0 Å². The second kappa shape index (κ2) is 21.4. The van der Waals surface area contributed by atoms with Gasteiger partial charge in [-0.3, -0.25) is 14.5 Å². The Morgan fingerprint density at radius 2 is 0.811 bits per heavy atom. The fourth-order valence-corrected chi connectivity index (χ4v) is 4.07. The van der Waals surface area contributed by atoms with Gasteiger partial charge in [0, 0.05) is 26.2 Å². The topological polar surface area (TPSA) is 61.4 Å². The Hall–Kier alpha value is -1.52. The average molecular weight is 548 g/mol. The van der Waals surface area contributed by atoms with E-state index in [1.54, 1.807) is 15.5 Å². The molecule has 0 fully saturated rings. The fourth-order valence-electron chi connectivity index (χ4n) is 4.07. The monoisotopic (exact) mass is 547 g/mol. The number of hydrogen-bond donors (Lipinski definition) is 2. The van der Waals surface area contributed by atoms with E-state index in [9.17, 15) is 35.9 Å². The van der Waals surface area contributed by atoms with Crippen LogP contribution in [0.4, 0.5) is 26.3 Å². The number of hydrogen-bond acceptors (Lipinski definition) is 3. The lowest BCUT2D eigenvalue weighted by Crippen LogP contribution is -2.44. The van der Waals surface area contributed by atoms with Gasteiger partial charge in [0.2, 0.25) is 0 Å². The lowest BCUT2D eigenvalue weighted by Gasteiger charge is -2.23. The SMILES string of the molecule is CCCCCCCCCCCCCCCCCCN(CCNC(=O)C(F)(F)F)CCNC(=O)C(F)(F)F. The summed E-state index contributed by atoms with van der Waals surface area (Å²) < 4.78 is 73.9. The van der Waals surface area contributed by atoms with E-state index in [4.69, 9.17) is 0 Å². The largest absolute Gasteiger partial charge is 0.471 e. The third-order valence-corrected chi connectivity index (χ3v) is 6.27. The number of nitrogens with zero attached hydrogens (tertiary/aromatic N) is 1. The zero-order valence-corrected chi connectivity index (χ0v) is 22.4. The Morgan fingerprint density at radius 3 is 1.11 bits per heavy atom. The molecule has 220 valence electrons. The molecule has 2 amide bonds. The van der Waals surface area contributed by atoms with Crippen LogP contribution in [-0.4, -0.2) is 61.8 Å². The molecule has 0 heterocycles. The number of nitrogens with one attached hydrogen (secondary N) is 2. The van der Waals surface area contributed by atoms with Crippen molar-refractivity contribution in [2.75, 3.05) is 32.7 Å². The van der Waals surface area contributed by atoms with Crippen molar-refractivity contribution >= 4 is 11.8 Å². The number of rotatable bonds is 23. The Balaban J connectivity index is 3.95. The summed E-state index contributed by atoms with van der Waals surface area (Å²) in [5.41, 5.74) is 0. The molecule has 37 heavy (non-hydrogen) atoms. The highest BCUT2D eigenvalue weighted by Gasteiger charge is 2.39. The molecule has 0 radical (unpaired) electrons. The summed E-state index contributed by atoms with van der Waals surface area (Å²) in [6.07, 6.45) is 9.31. The third kappa shape index (κ3) is 22.2. The first-order valence-electron chi connectivity index (χ1n) is 13.9. The van der Waals surface area contributed by atoms with Crippen LogP contribution in [0.15, 0.2) is 0 Å². The molecule has 0 aromatic rings. The van der Waals surface area contributed by atoms with Gasteiger partial charge in [-0.15, -0.1) is 0 Å². The first kappa shape index (κ1) is 35.5. The van der Waals surface area contributed by atoms with E-state index >= 15 is 0 Å². The van der Waals surface area contributed by atoms with Crippen LogP contribution in [-0.2, 0) is 9.59 Å². The molecule has 0 saturated heterocycles. The molecule has 2 N–H and O–H groups in total. The van der Waals surface area contributed by atoms with Gasteiger partial charge in [0.1, 0.15) is 0 Å². The van der Waals surface area contributed by atoms with Gasteiger partial charge in [0.25, 0.3) is 0 Å². The molecular formula is C26H47F6N3O2. The van der Waals surface area contributed by atoms with E-state index in [1.807, 2.05) is 0 Å². The Bertz CT molecular complexity index is 554. The highest BCUT2D eigenvalue weighted by Crippen LogP contribution is 2.16.